The van der Waals surface area contributed by atoms with Crippen molar-refractivity contribution in [3.8, 4) is 11.4 Å². The predicted molar refractivity (Wildman–Crippen MR) is 87.2 cm³/mol. The van der Waals surface area contributed by atoms with Crippen LogP contribution in [0.15, 0.2) is 60.1 Å². The number of hydrazone groups is 1. The van der Waals surface area contributed by atoms with Crippen molar-refractivity contribution in [3.05, 3.63) is 66.2 Å². The maximum absolute atomic E-state index is 11.8. The van der Waals surface area contributed by atoms with Gasteiger partial charge in [-0.2, -0.15) is 5.10 Å². The van der Waals surface area contributed by atoms with Gasteiger partial charge in [-0.15, -0.1) is 5.10 Å². The fourth-order valence-corrected chi connectivity index (χ4v) is 1.92. The molecule has 3 rings (SSSR count). The number of pyridine rings is 1. The quantitative estimate of drug-likeness (QED) is 0.566. The molecule has 0 aliphatic rings. The molecule has 0 aliphatic heterocycles. The van der Waals surface area contributed by atoms with E-state index < -0.39 is 0 Å². The number of carbonyl (C=O) groups excluding carboxylic acids is 1. The zero-order valence-electron chi connectivity index (χ0n) is 12.8. The van der Waals surface area contributed by atoms with Crippen molar-refractivity contribution in [2.75, 3.05) is 7.11 Å². The number of nitrogens with one attached hydrogen (secondary N) is 1. The van der Waals surface area contributed by atoms with Crippen LogP contribution in [0.5, 0.6) is 5.75 Å². The van der Waals surface area contributed by atoms with Crippen molar-refractivity contribution >= 4 is 12.1 Å². The average molecular weight is 322 g/mol. The summed E-state index contributed by atoms with van der Waals surface area (Å²) in [5, 5.41) is 11.9. The number of nitrogens with zero attached hydrogens (tertiary/aromatic N) is 5. The number of amides is 1. The summed E-state index contributed by atoms with van der Waals surface area (Å²) in [6, 6.07) is 10.6. The van der Waals surface area contributed by atoms with Crippen LogP contribution < -0.4 is 10.2 Å². The van der Waals surface area contributed by atoms with Gasteiger partial charge in [0.2, 0.25) is 0 Å². The van der Waals surface area contributed by atoms with Crippen molar-refractivity contribution in [3.63, 3.8) is 0 Å². The Hall–Kier alpha value is -3.55. The smallest absolute Gasteiger partial charge is 0.271 e. The minimum absolute atomic E-state index is 0.323. The lowest BCUT2D eigenvalue weighted by atomic mass is 10.3. The van der Waals surface area contributed by atoms with Crippen LogP contribution in [-0.4, -0.2) is 39.2 Å². The van der Waals surface area contributed by atoms with Crippen LogP contribution in [0.25, 0.3) is 5.69 Å². The normalized spacial score (nSPS) is 10.7. The number of hydrogen-bond donors (Lipinski definition) is 1. The molecule has 0 unspecified atom stereocenters. The van der Waals surface area contributed by atoms with Gasteiger partial charge in [-0.05, 0) is 36.4 Å². The highest BCUT2D eigenvalue weighted by Crippen LogP contribution is 2.13. The lowest BCUT2D eigenvalue weighted by Gasteiger charge is -2.01. The monoisotopic (exact) mass is 322 g/mol. The Morgan fingerprint density at radius 2 is 1.96 bits per heavy atom. The second-order valence-electron chi connectivity index (χ2n) is 4.72. The van der Waals surface area contributed by atoms with Crippen molar-refractivity contribution in [2.45, 2.75) is 0 Å². The van der Waals surface area contributed by atoms with E-state index in [4.69, 9.17) is 4.74 Å². The molecular formula is C16H14N6O2. The molecule has 2 heterocycles. The van der Waals surface area contributed by atoms with Crippen LogP contribution in [0, 0.1) is 0 Å². The van der Waals surface area contributed by atoms with Gasteiger partial charge < -0.3 is 4.74 Å². The first kappa shape index (κ1) is 15.3. The minimum atomic E-state index is -0.323. The maximum Gasteiger partial charge on any atom is 0.271 e. The summed E-state index contributed by atoms with van der Waals surface area (Å²) in [6.45, 7) is 0. The second-order valence-corrected chi connectivity index (χ2v) is 4.72. The Balaban J connectivity index is 1.64. The first-order valence-electron chi connectivity index (χ1n) is 7.06. The SMILES string of the molecule is COc1ccc(-n2cc(/C=N/NC(=O)c3ccncc3)nn2)cc1. The van der Waals surface area contributed by atoms with E-state index in [-0.39, 0.29) is 5.91 Å². The summed E-state index contributed by atoms with van der Waals surface area (Å²) in [5.41, 5.74) is 4.25. The molecule has 0 atom stereocenters. The van der Waals surface area contributed by atoms with Gasteiger partial charge in [-0.1, -0.05) is 5.21 Å². The molecule has 0 saturated heterocycles. The maximum atomic E-state index is 11.8. The highest BCUT2D eigenvalue weighted by molar-refractivity contribution is 5.94. The first-order valence-corrected chi connectivity index (χ1v) is 7.06. The van der Waals surface area contributed by atoms with Crippen LogP contribution in [0.3, 0.4) is 0 Å². The molecule has 8 nitrogen and oxygen atoms in total. The van der Waals surface area contributed by atoms with Gasteiger partial charge in [0.05, 0.1) is 25.2 Å². The van der Waals surface area contributed by atoms with Crippen LogP contribution in [0.2, 0.25) is 0 Å². The molecule has 8 heteroatoms. The van der Waals surface area contributed by atoms with E-state index in [1.165, 1.54) is 6.21 Å². The predicted octanol–water partition coefficient (Wildman–Crippen LogP) is 1.43. The standard InChI is InChI=1S/C16H14N6O2/c1-24-15-4-2-14(3-5-15)22-11-13(19-21-22)10-18-20-16(23)12-6-8-17-9-7-12/h2-11H,1H3,(H,20,23)/b18-10+. The molecule has 0 fully saturated rings. The van der Waals surface area contributed by atoms with Crippen LogP contribution >= 0.6 is 0 Å². The van der Waals surface area contributed by atoms with Crippen molar-refractivity contribution in [1.29, 1.82) is 0 Å². The van der Waals surface area contributed by atoms with E-state index >= 15 is 0 Å². The largest absolute Gasteiger partial charge is 0.497 e. The Morgan fingerprint density at radius 3 is 2.67 bits per heavy atom. The molecule has 0 spiro atoms. The van der Waals surface area contributed by atoms with Crippen LogP contribution in [0.1, 0.15) is 16.1 Å². The molecular weight excluding hydrogens is 308 g/mol. The summed E-state index contributed by atoms with van der Waals surface area (Å²) in [4.78, 5) is 15.7. The average Bonchev–Trinajstić information content (AvgIpc) is 3.11. The Labute approximate surface area is 137 Å². The number of carbonyl (C=O) groups is 1. The lowest BCUT2D eigenvalue weighted by Crippen LogP contribution is -2.17. The van der Waals surface area contributed by atoms with E-state index in [0.29, 0.717) is 11.3 Å². The summed E-state index contributed by atoms with van der Waals surface area (Å²) in [5.74, 6) is 0.440. The Bertz CT molecular complexity index is 843. The molecule has 0 bridgehead atoms. The third-order valence-electron chi connectivity index (χ3n) is 3.15. The van der Waals surface area contributed by atoms with Crippen molar-refractivity contribution < 1.29 is 9.53 Å². The van der Waals surface area contributed by atoms with E-state index in [1.54, 1.807) is 42.5 Å². The fourth-order valence-electron chi connectivity index (χ4n) is 1.92. The number of aromatic nitrogens is 4. The summed E-state index contributed by atoms with van der Waals surface area (Å²) < 4.78 is 6.71. The molecule has 1 amide bonds. The Kier molecular flexibility index (Phi) is 4.57. The van der Waals surface area contributed by atoms with Gasteiger partial charge in [0.15, 0.2) is 0 Å². The fraction of sp³-hybridized carbons (Fsp3) is 0.0625. The van der Waals surface area contributed by atoms with E-state index in [0.717, 1.165) is 11.4 Å². The van der Waals surface area contributed by atoms with Gasteiger partial charge in [0.1, 0.15) is 11.4 Å². The van der Waals surface area contributed by atoms with E-state index in [2.05, 4.69) is 25.8 Å². The van der Waals surface area contributed by atoms with Gasteiger partial charge >= 0.3 is 0 Å². The first-order chi connectivity index (χ1) is 11.8. The zero-order valence-corrected chi connectivity index (χ0v) is 12.8. The number of rotatable bonds is 5. The molecule has 24 heavy (non-hydrogen) atoms. The molecule has 1 N–H and O–H groups in total. The second kappa shape index (κ2) is 7.14. The summed E-state index contributed by atoms with van der Waals surface area (Å²) >= 11 is 0. The number of benzene rings is 1. The van der Waals surface area contributed by atoms with E-state index in [1.807, 2.05) is 24.3 Å². The highest BCUT2D eigenvalue weighted by atomic mass is 16.5. The summed E-state index contributed by atoms with van der Waals surface area (Å²) in [6.07, 6.45) is 6.20. The molecule has 0 aliphatic carbocycles. The molecule has 120 valence electrons. The van der Waals surface area contributed by atoms with Gasteiger partial charge in [0, 0.05) is 18.0 Å². The van der Waals surface area contributed by atoms with Gasteiger partial charge in [-0.25, -0.2) is 10.1 Å². The third-order valence-corrected chi connectivity index (χ3v) is 3.15. The lowest BCUT2D eigenvalue weighted by molar-refractivity contribution is 0.0955. The number of methoxy groups -OCH3 is 1. The molecule has 1 aromatic carbocycles. The number of ether oxygens (including phenoxy) is 1. The molecule has 2 aromatic heterocycles. The molecule has 0 radical (unpaired) electrons. The number of hydrogen-bond acceptors (Lipinski definition) is 6. The molecule has 0 saturated carbocycles. The van der Waals surface area contributed by atoms with Crippen molar-refractivity contribution in [1.82, 2.24) is 25.4 Å². The zero-order chi connectivity index (χ0) is 16.8. The van der Waals surface area contributed by atoms with E-state index in [9.17, 15) is 4.79 Å². The molecule has 3 aromatic rings. The van der Waals surface area contributed by atoms with Crippen molar-refractivity contribution in [2.24, 2.45) is 5.10 Å². The minimum Gasteiger partial charge on any atom is -0.497 e. The summed E-state index contributed by atoms with van der Waals surface area (Å²) in [7, 11) is 1.61. The highest BCUT2D eigenvalue weighted by Gasteiger charge is 2.04. The topological polar surface area (TPSA) is 94.3 Å². The van der Waals surface area contributed by atoms with Crippen LogP contribution in [0.4, 0.5) is 0 Å². The van der Waals surface area contributed by atoms with Crippen LogP contribution in [-0.2, 0) is 0 Å². The van der Waals surface area contributed by atoms with Gasteiger partial charge in [0.25, 0.3) is 5.91 Å². The van der Waals surface area contributed by atoms with Gasteiger partial charge in [-0.3, -0.25) is 9.78 Å². The third kappa shape index (κ3) is 3.61. The Morgan fingerprint density at radius 1 is 1.21 bits per heavy atom.